The normalized spacial score (nSPS) is 13.2. The second-order valence-electron chi connectivity index (χ2n) is 12.4. The third-order valence-corrected chi connectivity index (χ3v) is 10.9. The SMILES string of the molecule is CC1(C)c2ccccc2-c2ccc3c(sc4ccc(-c5cccc(C#N)c5-n5c6ccccc6c6cc(C#N)ccc65)cc43)c21. The summed E-state index contributed by atoms with van der Waals surface area (Å²) in [5, 5.41) is 24.6. The lowest BCUT2D eigenvalue weighted by atomic mass is 9.82. The molecule has 0 atom stereocenters. The van der Waals surface area contributed by atoms with Gasteiger partial charge in [-0.3, -0.25) is 0 Å². The van der Waals surface area contributed by atoms with Gasteiger partial charge in [0.15, 0.2) is 0 Å². The minimum Gasteiger partial charge on any atom is -0.307 e. The van der Waals surface area contributed by atoms with E-state index < -0.39 is 0 Å². The van der Waals surface area contributed by atoms with E-state index in [9.17, 15) is 10.5 Å². The van der Waals surface area contributed by atoms with Crippen LogP contribution in [0.5, 0.6) is 0 Å². The molecule has 1 aliphatic rings. The van der Waals surface area contributed by atoms with Crippen LogP contribution in [-0.2, 0) is 5.41 Å². The number of rotatable bonds is 2. The molecule has 0 unspecified atom stereocenters. The molecule has 210 valence electrons. The third kappa shape index (κ3) is 3.43. The van der Waals surface area contributed by atoms with Gasteiger partial charge in [0.05, 0.1) is 33.9 Å². The molecule has 6 aromatic carbocycles. The molecular formula is C41H25N3S. The van der Waals surface area contributed by atoms with Crippen molar-refractivity contribution in [3.8, 4) is 40.1 Å². The van der Waals surface area contributed by atoms with E-state index in [1.807, 2.05) is 53.8 Å². The van der Waals surface area contributed by atoms with E-state index in [-0.39, 0.29) is 5.41 Å². The van der Waals surface area contributed by atoms with E-state index in [1.54, 1.807) is 0 Å². The number of benzene rings is 6. The molecule has 2 heterocycles. The lowest BCUT2D eigenvalue weighted by molar-refractivity contribution is 0.667. The summed E-state index contributed by atoms with van der Waals surface area (Å²) in [5.41, 5.74) is 11.5. The van der Waals surface area contributed by atoms with E-state index >= 15 is 0 Å². The summed E-state index contributed by atoms with van der Waals surface area (Å²) >= 11 is 1.88. The van der Waals surface area contributed by atoms with Gasteiger partial charge >= 0.3 is 0 Å². The maximum atomic E-state index is 10.4. The standard InChI is InChI=1S/C41H25N3S/c1-41(2)34-12-5-3-9-28(34)30-16-17-31-33-21-25(15-19-37(33)45-40(31)38(30)41)27-11-7-8-26(23-43)39(27)44-35-13-6-4-10-29(35)32-20-24(22-42)14-18-36(32)44/h3-21H,1-2H3. The van der Waals surface area contributed by atoms with Crippen LogP contribution in [0.25, 0.3) is 69.9 Å². The summed E-state index contributed by atoms with van der Waals surface area (Å²) in [6.45, 7) is 4.69. The Morgan fingerprint density at radius 2 is 1.42 bits per heavy atom. The summed E-state index contributed by atoms with van der Waals surface area (Å²) in [4.78, 5) is 0. The summed E-state index contributed by atoms with van der Waals surface area (Å²) in [7, 11) is 0. The summed E-state index contributed by atoms with van der Waals surface area (Å²) in [6.07, 6.45) is 0. The predicted molar refractivity (Wildman–Crippen MR) is 186 cm³/mol. The molecule has 3 nitrogen and oxygen atoms in total. The van der Waals surface area contributed by atoms with Crippen molar-refractivity contribution in [1.29, 1.82) is 10.5 Å². The molecule has 0 spiro atoms. The summed E-state index contributed by atoms with van der Waals surface area (Å²) in [5.74, 6) is 0. The van der Waals surface area contributed by atoms with Gasteiger partial charge in [-0.1, -0.05) is 86.6 Å². The first-order valence-corrected chi connectivity index (χ1v) is 15.9. The van der Waals surface area contributed by atoms with Crippen LogP contribution >= 0.6 is 11.3 Å². The van der Waals surface area contributed by atoms with E-state index in [4.69, 9.17) is 0 Å². The minimum absolute atomic E-state index is 0.0780. The number of nitriles is 2. The average Bonchev–Trinajstić information content (AvgIpc) is 3.69. The fourth-order valence-electron chi connectivity index (χ4n) is 7.64. The smallest absolute Gasteiger partial charge is 0.101 e. The molecule has 1 aliphatic carbocycles. The molecule has 0 radical (unpaired) electrons. The number of hydrogen-bond donors (Lipinski definition) is 0. The van der Waals surface area contributed by atoms with Crippen LogP contribution in [0.1, 0.15) is 36.1 Å². The van der Waals surface area contributed by atoms with Gasteiger partial charge in [0, 0.05) is 41.9 Å². The van der Waals surface area contributed by atoms with E-state index in [0.29, 0.717) is 11.1 Å². The second kappa shape index (κ2) is 9.16. The Morgan fingerprint density at radius 3 is 2.29 bits per heavy atom. The zero-order valence-electron chi connectivity index (χ0n) is 24.7. The average molecular weight is 592 g/mol. The van der Waals surface area contributed by atoms with E-state index in [2.05, 4.69) is 103 Å². The molecule has 0 amide bonds. The Labute approximate surface area is 264 Å². The molecule has 0 N–H and O–H groups in total. The monoisotopic (exact) mass is 591 g/mol. The summed E-state index contributed by atoms with van der Waals surface area (Å²) in [6, 6.07) is 44.9. The second-order valence-corrected chi connectivity index (χ2v) is 13.4. The quantitative estimate of drug-likeness (QED) is 0.201. The largest absolute Gasteiger partial charge is 0.307 e. The minimum atomic E-state index is -0.0780. The molecule has 0 bridgehead atoms. The van der Waals surface area contributed by atoms with Crippen molar-refractivity contribution in [2.75, 3.05) is 0 Å². The van der Waals surface area contributed by atoms with Crippen molar-refractivity contribution in [3.05, 3.63) is 138 Å². The fraction of sp³-hybridized carbons (Fsp3) is 0.0732. The van der Waals surface area contributed by atoms with Gasteiger partial charge in [-0.15, -0.1) is 11.3 Å². The highest BCUT2D eigenvalue weighted by Crippen LogP contribution is 2.54. The first kappa shape index (κ1) is 25.8. The van der Waals surface area contributed by atoms with Gasteiger partial charge in [-0.05, 0) is 70.3 Å². The summed E-state index contributed by atoms with van der Waals surface area (Å²) < 4.78 is 4.80. The Balaban J connectivity index is 1.32. The molecule has 8 aromatic rings. The van der Waals surface area contributed by atoms with Gasteiger partial charge in [0.2, 0.25) is 0 Å². The Kier molecular flexibility index (Phi) is 5.25. The van der Waals surface area contributed by atoms with Gasteiger partial charge in [-0.25, -0.2) is 0 Å². The van der Waals surface area contributed by atoms with Crippen molar-refractivity contribution in [2.24, 2.45) is 0 Å². The van der Waals surface area contributed by atoms with Crippen molar-refractivity contribution in [2.45, 2.75) is 19.3 Å². The Morgan fingerprint density at radius 1 is 0.622 bits per heavy atom. The topological polar surface area (TPSA) is 52.5 Å². The van der Waals surface area contributed by atoms with E-state index in [1.165, 1.54) is 42.4 Å². The molecule has 2 aromatic heterocycles. The highest BCUT2D eigenvalue weighted by molar-refractivity contribution is 7.26. The van der Waals surface area contributed by atoms with Gasteiger partial charge in [0.1, 0.15) is 6.07 Å². The molecule has 0 fully saturated rings. The molecular weight excluding hydrogens is 567 g/mol. The van der Waals surface area contributed by atoms with E-state index in [0.717, 1.165) is 38.6 Å². The molecule has 4 heteroatoms. The predicted octanol–water partition coefficient (Wildman–Crippen LogP) is 10.9. The van der Waals surface area contributed by atoms with Crippen molar-refractivity contribution < 1.29 is 0 Å². The maximum absolute atomic E-state index is 10.4. The highest BCUT2D eigenvalue weighted by Gasteiger charge is 2.37. The maximum Gasteiger partial charge on any atom is 0.101 e. The molecule has 0 aliphatic heterocycles. The molecule has 0 saturated carbocycles. The lowest BCUT2D eigenvalue weighted by Gasteiger charge is -2.22. The Bertz CT molecular complexity index is 2650. The van der Waals surface area contributed by atoms with Crippen molar-refractivity contribution in [3.63, 3.8) is 0 Å². The zero-order valence-corrected chi connectivity index (χ0v) is 25.5. The zero-order chi connectivity index (χ0) is 30.4. The first-order valence-electron chi connectivity index (χ1n) is 15.1. The van der Waals surface area contributed by atoms with Gasteiger partial charge in [-0.2, -0.15) is 10.5 Å². The molecule has 45 heavy (non-hydrogen) atoms. The van der Waals surface area contributed by atoms with Crippen LogP contribution in [0.3, 0.4) is 0 Å². The number of nitrogens with zero attached hydrogens (tertiary/aromatic N) is 3. The number of thiophene rings is 1. The number of para-hydroxylation sites is 2. The molecule has 9 rings (SSSR count). The number of fused-ring (bicyclic) bond motifs is 10. The lowest BCUT2D eigenvalue weighted by Crippen LogP contribution is -2.14. The first-order chi connectivity index (χ1) is 22.0. The Hall–Kier alpha value is -5.68. The van der Waals surface area contributed by atoms with Crippen LogP contribution in [0.4, 0.5) is 0 Å². The highest BCUT2D eigenvalue weighted by atomic mass is 32.1. The van der Waals surface area contributed by atoms with Crippen LogP contribution in [0.15, 0.2) is 115 Å². The third-order valence-electron chi connectivity index (χ3n) is 9.65. The van der Waals surface area contributed by atoms with Crippen molar-refractivity contribution in [1.82, 2.24) is 4.57 Å². The van der Waals surface area contributed by atoms with Crippen LogP contribution in [0, 0.1) is 22.7 Å². The molecule has 0 saturated heterocycles. The number of aromatic nitrogens is 1. The van der Waals surface area contributed by atoms with Crippen LogP contribution in [0.2, 0.25) is 0 Å². The van der Waals surface area contributed by atoms with Gasteiger partial charge < -0.3 is 4.57 Å². The van der Waals surface area contributed by atoms with Crippen LogP contribution in [-0.4, -0.2) is 4.57 Å². The number of hydrogen-bond acceptors (Lipinski definition) is 3. The van der Waals surface area contributed by atoms with Crippen LogP contribution < -0.4 is 0 Å². The van der Waals surface area contributed by atoms with Gasteiger partial charge in [0.25, 0.3) is 0 Å². The van der Waals surface area contributed by atoms with Crippen molar-refractivity contribution >= 4 is 53.3 Å². The fourth-order valence-corrected chi connectivity index (χ4v) is 9.03.